The Labute approximate surface area is 165 Å². The van der Waals surface area contributed by atoms with Gasteiger partial charge in [0.1, 0.15) is 23.8 Å². The minimum Gasteiger partial charge on any atom is -0.366 e. The van der Waals surface area contributed by atoms with E-state index in [0.717, 1.165) is 49.9 Å². The van der Waals surface area contributed by atoms with Crippen LogP contribution in [0.15, 0.2) is 67.0 Å². The average molecular weight is 376 g/mol. The molecule has 0 atom stereocenters. The molecule has 2 aromatic carbocycles. The summed E-state index contributed by atoms with van der Waals surface area (Å²) < 4.78 is 13.8. The Bertz CT molecular complexity index is 892. The van der Waals surface area contributed by atoms with E-state index in [1.54, 1.807) is 18.5 Å². The molecule has 1 N–H and O–H groups in total. The number of anilines is 2. The van der Waals surface area contributed by atoms with Gasteiger partial charge in [0.25, 0.3) is 0 Å². The predicted molar refractivity (Wildman–Crippen MR) is 111 cm³/mol. The van der Waals surface area contributed by atoms with Crippen LogP contribution in [0.2, 0.25) is 0 Å². The molecular formula is C23H25FN4. The van der Waals surface area contributed by atoms with Crippen molar-refractivity contribution in [1.82, 2.24) is 9.97 Å². The number of nitrogens with zero attached hydrogens (tertiary/aromatic N) is 3. The maximum atomic E-state index is 13.8. The number of aromatic nitrogens is 2. The van der Waals surface area contributed by atoms with E-state index in [1.165, 1.54) is 11.6 Å². The average Bonchev–Trinajstić information content (AvgIpc) is 2.75. The lowest BCUT2D eigenvalue weighted by atomic mass is 9.90. The van der Waals surface area contributed by atoms with Crippen molar-refractivity contribution in [2.75, 3.05) is 23.3 Å². The second-order valence-corrected chi connectivity index (χ2v) is 7.33. The molecule has 0 aliphatic carbocycles. The summed E-state index contributed by atoms with van der Waals surface area (Å²) in [5.74, 6) is 2.17. The molecule has 4 rings (SSSR count). The van der Waals surface area contributed by atoms with Crippen LogP contribution in [0.5, 0.6) is 0 Å². The summed E-state index contributed by atoms with van der Waals surface area (Å²) in [4.78, 5) is 11.0. The number of halogens is 1. The normalized spacial score (nSPS) is 14.8. The lowest BCUT2D eigenvalue weighted by Crippen LogP contribution is -2.34. The maximum absolute atomic E-state index is 13.8. The zero-order valence-electron chi connectivity index (χ0n) is 15.9. The molecule has 2 heterocycles. The second kappa shape index (κ2) is 8.83. The van der Waals surface area contributed by atoms with Gasteiger partial charge in [-0.05, 0) is 36.8 Å². The third-order valence-electron chi connectivity index (χ3n) is 5.38. The third kappa shape index (κ3) is 4.66. The topological polar surface area (TPSA) is 41.0 Å². The third-order valence-corrected chi connectivity index (χ3v) is 5.38. The molecule has 3 aromatic rings. The lowest BCUT2D eigenvalue weighted by Gasteiger charge is -2.33. The van der Waals surface area contributed by atoms with Crippen molar-refractivity contribution in [2.24, 2.45) is 5.92 Å². The van der Waals surface area contributed by atoms with Crippen molar-refractivity contribution in [3.8, 4) is 0 Å². The standard InChI is InChI=1S/C23H25FN4/c24-21-9-5-4-8-20(21)16-25-22-15-23(27-17-26-22)28-12-10-19(11-13-28)14-18-6-2-1-3-7-18/h1-9,15,17,19H,10-14,16H2,(H,25,26,27). The highest BCUT2D eigenvalue weighted by atomic mass is 19.1. The minimum atomic E-state index is -0.204. The van der Waals surface area contributed by atoms with Gasteiger partial charge in [0.15, 0.2) is 0 Å². The summed E-state index contributed by atoms with van der Waals surface area (Å²) in [6.07, 6.45) is 5.05. The molecule has 0 amide bonds. The van der Waals surface area contributed by atoms with Gasteiger partial charge in [0.2, 0.25) is 0 Å². The van der Waals surface area contributed by atoms with E-state index >= 15 is 0 Å². The SMILES string of the molecule is Fc1ccccc1CNc1cc(N2CCC(Cc3ccccc3)CC2)ncn1. The van der Waals surface area contributed by atoms with Gasteiger partial charge >= 0.3 is 0 Å². The lowest BCUT2D eigenvalue weighted by molar-refractivity contribution is 0.402. The van der Waals surface area contributed by atoms with Gasteiger partial charge in [0.05, 0.1) is 0 Å². The van der Waals surface area contributed by atoms with Crippen molar-refractivity contribution < 1.29 is 4.39 Å². The summed E-state index contributed by atoms with van der Waals surface area (Å²) in [6.45, 7) is 2.41. The fraction of sp³-hybridized carbons (Fsp3) is 0.304. The Morgan fingerprint density at radius 1 is 0.964 bits per heavy atom. The quantitative estimate of drug-likeness (QED) is 0.678. The van der Waals surface area contributed by atoms with E-state index in [0.29, 0.717) is 12.1 Å². The van der Waals surface area contributed by atoms with Crippen molar-refractivity contribution in [1.29, 1.82) is 0 Å². The fourth-order valence-corrected chi connectivity index (χ4v) is 3.76. The van der Waals surface area contributed by atoms with E-state index in [1.807, 2.05) is 12.1 Å². The van der Waals surface area contributed by atoms with Crippen LogP contribution in [0.1, 0.15) is 24.0 Å². The molecule has 1 aliphatic rings. The number of rotatable bonds is 6. The Balaban J connectivity index is 1.33. The van der Waals surface area contributed by atoms with Crippen molar-refractivity contribution in [3.63, 3.8) is 0 Å². The molecule has 0 spiro atoms. The summed E-state index contributed by atoms with van der Waals surface area (Å²) in [6, 6.07) is 19.5. The number of hydrogen-bond acceptors (Lipinski definition) is 4. The van der Waals surface area contributed by atoms with Crippen molar-refractivity contribution in [2.45, 2.75) is 25.8 Å². The number of benzene rings is 2. The molecule has 5 heteroatoms. The van der Waals surface area contributed by atoms with Crippen LogP contribution in [-0.2, 0) is 13.0 Å². The van der Waals surface area contributed by atoms with Gasteiger partial charge in [0, 0.05) is 31.3 Å². The fourth-order valence-electron chi connectivity index (χ4n) is 3.76. The molecule has 1 fully saturated rings. The summed E-state index contributed by atoms with van der Waals surface area (Å²) in [7, 11) is 0. The molecule has 28 heavy (non-hydrogen) atoms. The Morgan fingerprint density at radius 3 is 2.50 bits per heavy atom. The Morgan fingerprint density at radius 2 is 1.71 bits per heavy atom. The highest BCUT2D eigenvalue weighted by Gasteiger charge is 2.20. The second-order valence-electron chi connectivity index (χ2n) is 7.33. The largest absolute Gasteiger partial charge is 0.366 e. The first kappa shape index (κ1) is 18.4. The van der Waals surface area contributed by atoms with E-state index in [-0.39, 0.29) is 5.82 Å². The molecule has 1 saturated heterocycles. The smallest absolute Gasteiger partial charge is 0.134 e. The van der Waals surface area contributed by atoms with Crippen LogP contribution in [0.3, 0.4) is 0 Å². The first-order valence-corrected chi connectivity index (χ1v) is 9.86. The minimum absolute atomic E-state index is 0.204. The van der Waals surface area contributed by atoms with Crippen molar-refractivity contribution in [3.05, 3.63) is 83.9 Å². The summed E-state index contributed by atoms with van der Waals surface area (Å²) >= 11 is 0. The van der Waals surface area contributed by atoms with Crippen LogP contribution in [0.4, 0.5) is 16.0 Å². The van der Waals surface area contributed by atoms with E-state index in [9.17, 15) is 4.39 Å². The van der Waals surface area contributed by atoms with Gasteiger partial charge in [-0.3, -0.25) is 0 Å². The van der Waals surface area contributed by atoms with E-state index in [2.05, 4.69) is 50.5 Å². The molecule has 0 bridgehead atoms. The number of hydrogen-bond donors (Lipinski definition) is 1. The zero-order chi connectivity index (χ0) is 19.2. The van der Waals surface area contributed by atoms with E-state index < -0.39 is 0 Å². The van der Waals surface area contributed by atoms with Gasteiger partial charge < -0.3 is 10.2 Å². The van der Waals surface area contributed by atoms with Gasteiger partial charge in [-0.1, -0.05) is 48.5 Å². The van der Waals surface area contributed by atoms with Crippen LogP contribution < -0.4 is 10.2 Å². The molecule has 144 valence electrons. The maximum Gasteiger partial charge on any atom is 0.134 e. The molecule has 0 unspecified atom stereocenters. The molecular weight excluding hydrogens is 351 g/mol. The molecule has 4 nitrogen and oxygen atoms in total. The highest BCUT2D eigenvalue weighted by molar-refractivity contribution is 5.49. The Hall–Kier alpha value is -2.95. The van der Waals surface area contributed by atoms with Crippen LogP contribution in [0, 0.1) is 11.7 Å². The summed E-state index contributed by atoms with van der Waals surface area (Å²) in [5, 5.41) is 3.20. The first-order valence-electron chi connectivity index (χ1n) is 9.86. The number of piperidine rings is 1. The molecule has 1 aliphatic heterocycles. The van der Waals surface area contributed by atoms with Crippen LogP contribution in [-0.4, -0.2) is 23.1 Å². The Kier molecular flexibility index (Phi) is 5.80. The van der Waals surface area contributed by atoms with Gasteiger partial charge in [-0.2, -0.15) is 0 Å². The molecule has 0 radical (unpaired) electrons. The van der Waals surface area contributed by atoms with Gasteiger partial charge in [-0.25, -0.2) is 14.4 Å². The highest BCUT2D eigenvalue weighted by Crippen LogP contribution is 2.25. The summed E-state index contributed by atoms with van der Waals surface area (Å²) in [5.41, 5.74) is 2.05. The monoisotopic (exact) mass is 376 g/mol. The molecule has 1 aromatic heterocycles. The molecule has 0 saturated carbocycles. The number of nitrogens with one attached hydrogen (secondary N) is 1. The van der Waals surface area contributed by atoms with Crippen molar-refractivity contribution >= 4 is 11.6 Å². The van der Waals surface area contributed by atoms with Gasteiger partial charge in [-0.15, -0.1) is 0 Å². The van der Waals surface area contributed by atoms with E-state index in [4.69, 9.17) is 0 Å². The van der Waals surface area contributed by atoms with Crippen LogP contribution in [0.25, 0.3) is 0 Å². The predicted octanol–water partition coefficient (Wildman–Crippen LogP) is 4.69. The first-order chi connectivity index (χ1) is 13.8. The van der Waals surface area contributed by atoms with Crippen LogP contribution >= 0.6 is 0 Å². The zero-order valence-corrected chi connectivity index (χ0v) is 15.9.